The SMILES string of the molecule is CN1CCC2(CC1)CCN2c1nc2cc(C(N)=O)ccc2o1. The van der Waals surface area contributed by atoms with Crippen molar-refractivity contribution in [2.45, 2.75) is 24.8 Å². The average molecular weight is 300 g/mol. The summed E-state index contributed by atoms with van der Waals surface area (Å²) in [5, 5.41) is 0. The van der Waals surface area contributed by atoms with Crippen molar-refractivity contribution in [2.75, 3.05) is 31.6 Å². The number of nitrogens with two attached hydrogens (primary N) is 1. The number of carbonyl (C=O) groups is 1. The number of carbonyl (C=O) groups excluding carboxylic acids is 1. The van der Waals surface area contributed by atoms with Crippen LogP contribution in [0.1, 0.15) is 29.6 Å². The van der Waals surface area contributed by atoms with E-state index in [1.807, 2.05) is 0 Å². The summed E-state index contributed by atoms with van der Waals surface area (Å²) in [6, 6.07) is 5.83. The van der Waals surface area contributed by atoms with Gasteiger partial charge in [0.2, 0.25) is 5.91 Å². The molecule has 2 aromatic rings. The Hall–Kier alpha value is -2.08. The molecule has 1 aromatic heterocycles. The van der Waals surface area contributed by atoms with Crippen LogP contribution in [0.4, 0.5) is 6.01 Å². The molecule has 116 valence electrons. The van der Waals surface area contributed by atoms with Crippen molar-refractivity contribution in [3.05, 3.63) is 23.8 Å². The highest BCUT2D eigenvalue weighted by Gasteiger charge is 2.48. The van der Waals surface area contributed by atoms with Crippen molar-refractivity contribution >= 4 is 23.0 Å². The third-order valence-electron chi connectivity index (χ3n) is 5.18. The van der Waals surface area contributed by atoms with Gasteiger partial charge in [-0.1, -0.05) is 0 Å². The van der Waals surface area contributed by atoms with E-state index in [1.54, 1.807) is 18.2 Å². The van der Waals surface area contributed by atoms with Crippen LogP contribution in [0.2, 0.25) is 0 Å². The molecule has 0 unspecified atom stereocenters. The van der Waals surface area contributed by atoms with Gasteiger partial charge in [-0.25, -0.2) is 0 Å². The van der Waals surface area contributed by atoms with Crippen LogP contribution in [-0.2, 0) is 0 Å². The number of anilines is 1. The van der Waals surface area contributed by atoms with E-state index in [0.717, 1.165) is 32.5 Å². The quantitative estimate of drug-likeness (QED) is 0.911. The number of nitrogens with zero attached hydrogens (tertiary/aromatic N) is 3. The molecule has 0 radical (unpaired) electrons. The van der Waals surface area contributed by atoms with Crippen LogP contribution >= 0.6 is 0 Å². The Kier molecular flexibility index (Phi) is 2.91. The van der Waals surface area contributed by atoms with E-state index in [-0.39, 0.29) is 5.54 Å². The van der Waals surface area contributed by atoms with Gasteiger partial charge in [-0.2, -0.15) is 4.98 Å². The normalized spacial score (nSPS) is 21.2. The summed E-state index contributed by atoms with van der Waals surface area (Å²) in [4.78, 5) is 20.5. The van der Waals surface area contributed by atoms with E-state index in [1.165, 1.54) is 6.42 Å². The minimum absolute atomic E-state index is 0.208. The summed E-state index contributed by atoms with van der Waals surface area (Å²) >= 11 is 0. The first-order valence-corrected chi connectivity index (χ1v) is 7.74. The largest absolute Gasteiger partial charge is 0.423 e. The molecule has 2 aliphatic heterocycles. The number of oxazole rings is 1. The highest BCUT2D eigenvalue weighted by Crippen LogP contribution is 2.43. The van der Waals surface area contributed by atoms with Gasteiger partial charge < -0.3 is 20.0 Å². The Morgan fingerprint density at radius 2 is 2.00 bits per heavy atom. The molecule has 2 saturated heterocycles. The molecule has 3 heterocycles. The molecular weight excluding hydrogens is 280 g/mol. The van der Waals surface area contributed by atoms with Crippen molar-refractivity contribution in [1.29, 1.82) is 0 Å². The van der Waals surface area contributed by atoms with Crippen LogP contribution in [0.15, 0.2) is 22.6 Å². The smallest absolute Gasteiger partial charge is 0.298 e. The third kappa shape index (κ3) is 1.98. The van der Waals surface area contributed by atoms with Crippen LogP contribution in [0.3, 0.4) is 0 Å². The van der Waals surface area contributed by atoms with Gasteiger partial charge in [-0.05, 0) is 44.5 Å². The first kappa shape index (κ1) is 13.6. The number of primary amides is 1. The van der Waals surface area contributed by atoms with Gasteiger partial charge in [0.15, 0.2) is 5.58 Å². The van der Waals surface area contributed by atoms with E-state index in [2.05, 4.69) is 21.8 Å². The van der Waals surface area contributed by atoms with Crippen molar-refractivity contribution in [1.82, 2.24) is 9.88 Å². The van der Waals surface area contributed by atoms with Gasteiger partial charge in [0.25, 0.3) is 6.01 Å². The number of hydrogen-bond acceptors (Lipinski definition) is 5. The van der Waals surface area contributed by atoms with Crippen LogP contribution in [0.25, 0.3) is 11.1 Å². The van der Waals surface area contributed by atoms with E-state index < -0.39 is 5.91 Å². The fraction of sp³-hybridized carbons (Fsp3) is 0.500. The lowest BCUT2D eigenvalue weighted by atomic mass is 9.77. The molecule has 1 spiro atoms. The molecular formula is C16H20N4O2. The topological polar surface area (TPSA) is 75.6 Å². The second-order valence-corrected chi connectivity index (χ2v) is 6.47. The van der Waals surface area contributed by atoms with Crippen LogP contribution < -0.4 is 10.6 Å². The summed E-state index contributed by atoms with van der Waals surface area (Å²) in [5.41, 5.74) is 7.39. The van der Waals surface area contributed by atoms with Crippen molar-refractivity contribution in [2.24, 2.45) is 5.73 Å². The second-order valence-electron chi connectivity index (χ2n) is 6.47. The monoisotopic (exact) mass is 300 g/mol. The predicted molar refractivity (Wildman–Crippen MR) is 84.0 cm³/mol. The van der Waals surface area contributed by atoms with Gasteiger partial charge in [-0.3, -0.25) is 4.79 Å². The Bertz CT molecular complexity index is 731. The molecule has 6 nitrogen and oxygen atoms in total. The lowest BCUT2D eigenvalue weighted by Crippen LogP contribution is -2.64. The maximum absolute atomic E-state index is 11.3. The zero-order valence-electron chi connectivity index (χ0n) is 12.7. The third-order valence-corrected chi connectivity index (χ3v) is 5.18. The predicted octanol–water partition coefficient (Wildman–Crippen LogP) is 1.60. The van der Waals surface area contributed by atoms with Gasteiger partial charge in [-0.15, -0.1) is 0 Å². The zero-order valence-corrected chi connectivity index (χ0v) is 12.7. The first-order valence-electron chi connectivity index (χ1n) is 7.74. The highest BCUT2D eigenvalue weighted by atomic mass is 16.4. The van der Waals surface area contributed by atoms with E-state index >= 15 is 0 Å². The minimum Gasteiger partial charge on any atom is -0.423 e. The Labute approximate surface area is 128 Å². The van der Waals surface area contributed by atoms with E-state index in [9.17, 15) is 4.79 Å². The van der Waals surface area contributed by atoms with Crippen molar-refractivity contribution < 1.29 is 9.21 Å². The molecule has 4 rings (SSSR count). The minimum atomic E-state index is -0.442. The molecule has 22 heavy (non-hydrogen) atoms. The summed E-state index contributed by atoms with van der Waals surface area (Å²) in [5.74, 6) is -0.442. The summed E-state index contributed by atoms with van der Waals surface area (Å²) in [6.45, 7) is 3.21. The summed E-state index contributed by atoms with van der Waals surface area (Å²) in [7, 11) is 2.17. The summed E-state index contributed by atoms with van der Waals surface area (Å²) < 4.78 is 5.91. The number of likely N-dealkylation sites (tertiary alicyclic amines) is 1. The van der Waals surface area contributed by atoms with E-state index in [4.69, 9.17) is 10.2 Å². The maximum Gasteiger partial charge on any atom is 0.298 e. The standard InChI is InChI=1S/C16H20N4O2/c1-19-7-4-16(5-8-19)6-9-20(16)15-18-12-10-11(14(17)21)2-3-13(12)22-15/h2-3,10H,4-9H2,1H3,(H2,17,21). The molecule has 2 aliphatic rings. The number of rotatable bonds is 2. The zero-order chi connectivity index (χ0) is 15.3. The number of aromatic nitrogens is 1. The van der Waals surface area contributed by atoms with Gasteiger partial charge in [0, 0.05) is 30.7 Å². The lowest BCUT2D eigenvalue weighted by Gasteiger charge is -2.55. The van der Waals surface area contributed by atoms with Gasteiger partial charge in [0.05, 0.1) is 0 Å². The molecule has 6 heteroatoms. The molecule has 2 fully saturated rings. The second kappa shape index (κ2) is 4.71. The number of fused-ring (bicyclic) bond motifs is 1. The number of hydrogen-bond donors (Lipinski definition) is 1. The molecule has 2 N–H and O–H groups in total. The van der Waals surface area contributed by atoms with Gasteiger partial charge in [0.1, 0.15) is 5.52 Å². The molecule has 0 bridgehead atoms. The number of piperidine rings is 1. The average Bonchev–Trinajstić information content (AvgIpc) is 2.88. The Balaban J connectivity index is 1.65. The molecule has 1 amide bonds. The van der Waals surface area contributed by atoms with Crippen LogP contribution in [0.5, 0.6) is 0 Å². The lowest BCUT2D eigenvalue weighted by molar-refractivity contribution is 0.100. The molecule has 1 aromatic carbocycles. The first-order chi connectivity index (χ1) is 10.6. The number of benzene rings is 1. The van der Waals surface area contributed by atoms with Crippen molar-refractivity contribution in [3.63, 3.8) is 0 Å². The fourth-order valence-corrected chi connectivity index (χ4v) is 3.58. The van der Waals surface area contributed by atoms with Crippen LogP contribution in [-0.4, -0.2) is 48.0 Å². The van der Waals surface area contributed by atoms with Crippen molar-refractivity contribution in [3.8, 4) is 0 Å². The molecule has 0 atom stereocenters. The number of amides is 1. The Morgan fingerprint density at radius 1 is 1.27 bits per heavy atom. The highest BCUT2D eigenvalue weighted by molar-refractivity contribution is 5.96. The molecule has 0 aliphatic carbocycles. The maximum atomic E-state index is 11.3. The molecule has 0 saturated carbocycles. The summed E-state index contributed by atoms with van der Waals surface area (Å²) in [6.07, 6.45) is 3.50. The van der Waals surface area contributed by atoms with Crippen LogP contribution in [0, 0.1) is 0 Å². The fourth-order valence-electron chi connectivity index (χ4n) is 3.58. The van der Waals surface area contributed by atoms with E-state index in [0.29, 0.717) is 22.7 Å². The van der Waals surface area contributed by atoms with Gasteiger partial charge >= 0.3 is 0 Å². The Morgan fingerprint density at radius 3 is 2.64 bits per heavy atom.